The maximum Gasteiger partial charge on any atom is 0.227 e. The summed E-state index contributed by atoms with van der Waals surface area (Å²) in [7, 11) is 0. The molecule has 1 aromatic heterocycles. The number of rotatable bonds is 8. The van der Waals surface area contributed by atoms with Crippen LogP contribution in [0.3, 0.4) is 0 Å². The summed E-state index contributed by atoms with van der Waals surface area (Å²) in [6, 6.07) is 28.4. The van der Waals surface area contributed by atoms with Gasteiger partial charge in [0.05, 0.1) is 6.61 Å². The summed E-state index contributed by atoms with van der Waals surface area (Å²) in [5.74, 6) is 2.48. The highest BCUT2D eigenvalue weighted by Crippen LogP contribution is 2.41. The van der Waals surface area contributed by atoms with Crippen LogP contribution in [-0.2, 0) is 17.0 Å². The minimum absolute atomic E-state index is 0.182. The number of aromatic nitrogens is 3. The SMILES string of the molecule is O=C1CCCC2=C1C(c1ccc(OCCc3ccccc3)cc1)n1nc(SCc3ccccc3)nc1N2. The number of hydrogen-bond acceptors (Lipinski definition) is 6. The van der Waals surface area contributed by atoms with Gasteiger partial charge in [-0.3, -0.25) is 4.79 Å². The molecule has 37 heavy (non-hydrogen) atoms. The van der Waals surface area contributed by atoms with Gasteiger partial charge >= 0.3 is 0 Å². The summed E-state index contributed by atoms with van der Waals surface area (Å²) < 4.78 is 7.87. The monoisotopic (exact) mass is 508 g/mol. The minimum Gasteiger partial charge on any atom is -0.493 e. The third kappa shape index (κ3) is 5.18. The lowest BCUT2D eigenvalue weighted by Crippen LogP contribution is -2.31. The Kier molecular flexibility index (Phi) is 6.78. The van der Waals surface area contributed by atoms with Crippen molar-refractivity contribution in [3.05, 3.63) is 113 Å². The molecule has 2 heterocycles. The van der Waals surface area contributed by atoms with E-state index in [1.165, 1.54) is 11.1 Å². The van der Waals surface area contributed by atoms with Crippen LogP contribution >= 0.6 is 11.8 Å². The van der Waals surface area contributed by atoms with E-state index >= 15 is 0 Å². The molecule has 7 heteroatoms. The van der Waals surface area contributed by atoms with Gasteiger partial charge in [0.1, 0.15) is 11.8 Å². The molecule has 1 unspecified atom stereocenters. The molecule has 4 aromatic rings. The third-order valence-corrected chi connectivity index (χ3v) is 7.67. The van der Waals surface area contributed by atoms with Crippen molar-refractivity contribution in [3.8, 4) is 5.75 Å². The van der Waals surface area contributed by atoms with Gasteiger partial charge in [-0.05, 0) is 41.7 Å². The molecule has 186 valence electrons. The molecule has 0 fully saturated rings. The number of allylic oxidation sites excluding steroid dienone is 2. The van der Waals surface area contributed by atoms with E-state index in [1.54, 1.807) is 11.8 Å². The maximum atomic E-state index is 13.1. The predicted octanol–water partition coefficient (Wildman–Crippen LogP) is 6.21. The lowest BCUT2D eigenvalue weighted by Gasteiger charge is -2.32. The first-order chi connectivity index (χ1) is 18.2. The lowest BCUT2D eigenvalue weighted by molar-refractivity contribution is -0.116. The third-order valence-electron chi connectivity index (χ3n) is 6.76. The predicted molar refractivity (Wildman–Crippen MR) is 146 cm³/mol. The fraction of sp³-hybridized carbons (Fsp3) is 0.233. The number of carbonyl (C=O) groups excluding carboxylic acids is 1. The molecule has 3 aromatic carbocycles. The Morgan fingerprint density at radius 2 is 1.65 bits per heavy atom. The standard InChI is InChI=1S/C30H28N4O2S/c35-26-13-7-12-25-27(26)28(23-14-16-24(17-15-23)36-19-18-21-8-3-1-4-9-21)34-29(31-25)32-30(33-34)37-20-22-10-5-2-6-11-22/h1-6,8-11,14-17,28H,7,12-13,18-20H2,(H,31,32,33). The van der Waals surface area contributed by atoms with Gasteiger partial charge in [0.2, 0.25) is 11.1 Å². The van der Waals surface area contributed by atoms with Crippen LogP contribution in [0.4, 0.5) is 5.95 Å². The van der Waals surface area contributed by atoms with Crippen LogP contribution in [0.1, 0.15) is 42.0 Å². The Morgan fingerprint density at radius 3 is 2.41 bits per heavy atom. The van der Waals surface area contributed by atoms with E-state index in [9.17, 15) is 4.79 Å². The molecule has 1 atom stereocenters. The number of benzene rings is 3. The van der Waals surface area contributed by atoms with Crippen molar-refractivity contribution in [2.45, 2.75) is 42.6 Å². The van der Waals surface area contributed by atoms with Crippen LogP contribution in [0, 0.1) is 0 Å². The van der Waals surface area contributed by atoms with Gasteiger partial charge in [0.15, 0.2) is 5.78 Å². The Labute approximate surface area is 220 Å². The highest BCUT2D eigenvalue weighted by molar-refractivity contribution is 7.98. The Balaban J connectivity index is 1.23. The van der Waals surface area contributed by atoms with E-state index < -0.39 is 0 Å². The minimum atomic E-state index is -0.295. The van der Waals surface area contributed by atoms with Crippen molar-refractivity contribution in [2.24, 2.45) is 0 Å². The van der Waals surface area contributed by atoms with E-state index in [-0.39, 0.29) is 11.8 Å². The largest absolute Gasteiger partial charge is 0.493 e. The lowest BCUT2D eigenvalue weighted by atomic mass is 9.85. The van der Waals surface area contributed by atoms with Gasteiger partial charge < -0.3 is 10.1 Å². The van der Waals surface area contributed by atoms with E-state index in [2.05, 4.69) is 29.6 Å². The van der Waals surface area contributed by atoms with Gasteiger partial charge in [0, 0.05) is 29.9 Å². The zero-order chi connectivity index (χ0) is 25.0. The highest BCUT2D eigenvalue weighted by atomic mass is 32.2. The van der Waals surface area contributed by atoms with Crippen molar-refractivity contribution >= 4 is 23.5 Å². The number of ketones is 1. The second-order valence-electron chi connectivity index (χ2n) is 9.29. The van der Waals surface area contributed by atoms with Crippen molar-refractivity contribution in [3.63, 3.8) is 0 Å². The van der Waals surface area contributed by atoms with Gasteiger partial charge in [-0.25, -0.2) is 4.68 Å². The van der Waals surface area contributed by atoms with Crippen LogP contribution < -0.4 is 10.1 Å². The summed E-state index contributed by atoms with van der Waals surface area (Å²) in [6.45, 7) is 0.611. The number of hydrogen-bond donors (Lipinski definition) is 1. The summed E-state index contributed by atoms with van der Waals surface area (Å²) in [5.41, 5.74) is 5.26. The number of fused-ring (bicyclic) bond motifs is 1. The summed E-state index contributed by atoms with van der Waals surface area (Å²) in [6.07, 6.45) is 3.12. The number of thioether (sulfide) groups is 1. The first kappa shape index (κ1) is 23.6. The number of ether oxygens (including phenoxy) is 1. The summed E-state index contributed by atoms with van der Waals surface area (Å²) in [5, 5.41) is 8.95. The fourth-order valence-electron chi connectivity index (χ4n) is 4.91. The first-order valence-corrected chi connectivity index (χ1v) is 13.7. The normalized spacial score (nSPS) is 16.6. The molecule has 0 bridgehead atoms. The zero-order valence-corrected chi connectivity index (χ0v) is 21.3. The highest BCUT2D eigenvalue weighted by Gasteiger charge is 2.36. The van der Waals surface area contributed by atoms with E-state index in [4.69, 9.17) is 14.8 Å². The van der Waals surface area contributed by atoms with Gasteiger partial charge in [-0.2, -0.15) is 4.98 Å². The first-order valence-electron chi connectivity index (χ1n) is 12.7. The number of Topliss-reactive ketones (excluding diaryl/α,β-unsaturated/α-hetero) is 1. The van der Waals surface area contributed by atoms with E-state index in [0.717, 1.165) is 47.6 Å². The molecular formula is C30H28N4O2S. The molecule has 1 aliphatic heterocycles. The second kappa shape index (κ2) is 10.6. The average molecular weight is 509 g/mol. The van der Waals surface area contributed by atoms with Crippen LogP contribution in [0.2, 0.25) is 0 Å². The second-order valence-corrected chi connectivity index (χ2v) is 10.2. The van der Waals surface area contributed by atoms with Crippen LogP contribution in [0.25, 0.3) is 0 Å². The number of nitrogens with one attached hydrogen (secondary N) is 1. The molecule has 0 radical (unpaired) electrons. The Morgan fingerprint density at radius 1 is 0.919 bits per heavy atom. The smallest absolute Gasteiger partial charge is 0.227 e. The molecule has 2 aliphatic rings. The van der Waals surface area contributed by atoms with Crippen molar-refractivity contribution in [1.82, 2.24) is 14.8 Å². The number of nitrogens with zero attached hydrogens (tertiary/aromatic N) is 3. The Hall–Kier alpha value is -3.84. The van der Waals surface area contributed by atoms with Crippen molar-refractivity contribution in [1.29, 1.82) is 0 Å². The number of anilines is 1. The van der Waals surface area contributed by atoms with Crippen molar-refractivity contribution in [2.75, 3.05) is 11.9 Å². The number of carbonyl (C=O) groups is 1. The summed E-state index contributed by atoms with van der Waals surface area (Å²) in [4.78, 5) is 17.9. The van der Waals surface area contributed by atoms with Gasteiger partial charge in [-0.15, -0.1) is 5.10 Å². The summed E-state index contributed by atoms with van der Waals surface area (Å²) >= 11 is 1.60. The molecule has 0 saturated heterocycles. The van der Waals surface area contributed by atoms with Crippen molar-refractivity contribution < 1.29 is 9.53 Å². The van der Waals surface area contributed by atoms with Crippen LogP contribution in [-0.4, -0.2) is 27.2 Å². The molecule has 6 rings (SSSR count). The molecule has 0 spiro atoms. The van der Waals surface area contributed by atoms with E-state index in [0.29, 0.717) is 24.1 Å². The molecule has 1 N–H and O–H groups in total. The average Bonchev–Trinajstić information content (AvgIpc) is 3.35. The van der Waals surface area contributed by atoms with Crippen LogP contribution in [0.5, 0.6) is 5.75 Å². The molecule has 6 nitrogen and oxygen atoms in total. The maximum absolute atomic E-state index is 13.1. The van der Waals surface area contributed by atoms with Crippen LogP contribution in [0.15, 0.2) is 101 Å². The molecular weight excluding hydrogens is 480 g/mol. The fourth-order valence-corrected chi connectivity index (χ4v) is 5.69. The van der Waals surface area contributed by atoms with Gasteiger partial charge in [-0.1, -0.05) is 84.6 Å². The molecule has 0 saturated carbocycles. The van der Waals surface area contributed by atoms with Gasteiger partial charge in [0.25, 0.3) is 0 Å². The quantitative estimate of drug-likeness (QED) is 0.285. The topological polar surface area (TPSA) is 69.0 Å². The molecule has 1 aliphatic carbocycles. The molecule has 0 amide bonds. The zero-order valence-electron chi connectivity index (χ0n) is 20.5. The Bertz CT molecular complexity index is 1420. The van der Waals surface area contributed by atoms with E-state index in [1.807, 2.05) is 65.3 Å².